The van der Waals surface area contributed by atoms with Gasteiger partial charge in [-0.15, -0.1) is 0 Å². The summed E-state index contributed by atoms with van der Waals surface area (Å²) in [4.78, 5) is 32.2. The molecular formula is C23H28ClN3O4. The molecule has 8 heteroatoms. The first-order valence-corrected chi connectivity index (χ1v) is 10.6. The lowest BCUT2D eigenvalue weighted by Crippen LogP contribution is -2.47. The van der Waals surface area contributed by atoms with E-state index in [0.29, 0.717) is 24.7 Å². The molecule has 1 N–H and O–H groups in total. The molecule has 2 aromatic rings. The number of nitrogens with one attached hydrogen (secondary N) is 1. The summed E-state index contributed by atoms with van der Waals surface area (Å²) < 4.78 is 5.73. The summed E-state index contributed by atoms with van der Waals surface area (Å²) in [7, 11) is 0. The fourth-order valence-electron chi connectivity index (χ4n) is 3.61. The number of hydroxylamine groups is 1. The molecule has 166 valence electrons. The molecule has 0 spiro atoms. The molecule has 1 atom stereocenters. The van der Waals surface area contributed by atoms with Crippen LogP contribution in [0.4, 0.5) is 10.5 Å². The average Bonchev–Trinajstić information content (AvgIpc) is 2.84. The second-order valence-corrected chi connectivity index (χ2v) is 8.31. The van der Waals surface area contributed by atoms with Crippen LogP contribution in [0, 0.1) is 0 Å². The van der Waals surface area contributed by atoms with Crippen molar-refractivity contribution in [2.24, 2.45) is 0 Å². The minimum absolute atomic E-state index is 0.0735. The van der Waals surface area contributed by atoms with Crippen molar-refractivity contribution in [3.63, 3.8) is 0 Å². The zero-order chi connectivity index (χ0) is 22.5. The number of urea groups is 1. The molecule has 0 fully saturated rings. The number of anilines is 1. The van der Waals surface area contributed by atoms with Crippen molar-refractivity contribution in [2.75, 3.05) is 11.4 Å². The lowest BCUT2D eigenvalue weighted by molar-refractivity contribution is -0.146. The fraction of sp³-hybridized carbons (Fsp3) is 0.391. The summed E-state index contributed by atoms with van der Waals surface area (Å²) >= 11 is 6.56. The predicted molar refractivity (Wildman–Crippen MR) is 120 cm³/mol. The van der Waals surface area contributed by atoms with Gasteiger partial charge in [-0.1, -0.05) is 35.9 Å². The van der Waals surface area contributed by atoms with Gasteiger partial charge in [0.25, 0.3) is 0 Å². The van der Waals surface area contributed by atoms with Gasteiger partial charge in [-0.25, -0.2) is 4.79 Å². The summed E-state index contributed by atoms with van der Waals surface area (Å²) in [6, 6.07) is 13.1. The lowest BCUT2D eigenvalue weighted by atomic mass is 10.1. The van der Waals surface area contributed by atoms with Crippen molar-refractivity contribution < 1.29 is 19.2 Å². The van der Waals surface area contributed by atoms with E-state index in [4.69, 9.17) is 16.3 Å². The maximum Gasteiger partial charge on any atom is 0.351 e. The van der Waals surface area contributed by atoms with Crippen LogP contribution < -0.4 is 15.1 Å². The number of nitrogens with zero attached hydrogens (tertiary/aromatic N) is 2. The highest BCUT2D eigenvalue weighted by Crippen LogP contribution is 2.31. The average molecular weight is 446 g/mol. The number of amides is 2. The Hall–Kier alpha value is -2.93. The van der Waals surface area contributed by atoms with Gasteiger partial charge in [0, 0.05) is 43.3 Å². The largest absolute Gasteiger partial charge is 0.491 e. The van der Waals surface area contributed by atoms with Crippen molar-refractivity contribution in [3.05, 3.63) is 58.6 Å². The molecule has 0 bridgehead atoms. The highest BCUT2D eigenvalue weighted by Gasteiger charge is 2.29. The highest BCUT2D eigenvalue weighted by atomic mass is 35.5. The van der Waals surface area contributed by atoms with Crippen LogP contribution in [0.25, 0.3) is 0 Å². The SMILES string of the molecule is CC(=O)ONC(=O)N1Cc2ccccc2N(Cc2ccc(OC(C)C)cc2Cl)C[C@H]1C. The molecule has 2 amide bonds. The molecule has 7 nitrogen and oxygen atoms in total. The number of benzene rings is 2. The molecular weight excluding hydrogens is 418 g/mol. The van der Waals surface area contributed by atoms with E-state index in [1.54, 1.807) is 4.90 Å². The molecule has 1 heterocycles. The van der Waals surface area contributed by atoms with E-state index in [9.17, 15) is 9.59 Å². The number of hydrogen-bond acceptors (Lipinski definition) is 5. The topological polar surface area (TPSA) is 71.1 Å². The van der Waals surface area contributed by atoms with Crippen LogP contribution in [0.5, 0.6) is 5.75 Å². The van der Waals surface area contributed by atoms with Crippen molar-refractivity contribution in [1.29, 1.82) is 0 Å². The summed E-state index contributed by atoms with van der Waals surface area (Å²) in [5.41, 5.74) is 5.23. The number of ether oxygens (including phenoxy) is 1. The first-order chi connectivity index (χ1) is 14.7. The Morgan fingerprint density at radius 1 is 1.23 bits per heavy atom. The van der Waals surface area contributed by atoms with Crippen LogP contribution in [0.15, 0.2) is 42.5 Å². The molecule has 0 aromatic heterocycles. The minimum Gasteiger partial charge on any atom is -0.491 e. The summed E-state index contributed by atoms with van der Waals surface area (Å²) in [5, 5.41) is 0.636. The number of rotatable bonds is 4. The fourth-order valence-corrected chi connectivity index (χ4v) is 3.84. The first kappa shape index (κ1) is 22.7. The van der Waals surface area contributed by atoms with Gasteiger partial charge in [0.15, 0.2) is 0 Å². The molecule has 0 unspecified atom stereocenters. The van der Waals surface area contributed by atoms with E-state index in [1.165, 1.54) is 6.92 Å². The second kappa shape index (κ2) is 9.92. The van der Waals surface area contributed by atoms with Gasteiger partial charge in [-0.3, -0.25) is 4.79 Å². The Bertz CT molecular complexity index is 950. The third kappa shape index (κ3) is 5.82. The molecule has 3 rings (SSSR count). The Kier molecular flexibility index (Phi) is 7.28. The monoisotopic (exact) mass is 445 g/mol. The van der Waals surface area contributed by atoms with Crippen molar-refractivity contribution in [2.45, 2.75) is 52.9 Å². The molecule has 1 aliphatic heterocycles. The van der Waals surface area contributed by atoms with E-state index in [1.807, 2.05) is 63.2 Å². The minimum atomic E-state index is -0.572. The number of halogens is 1. The van der Waals surface area contributed by atoms with E-state index in [0.717, 1.165) is 22.6 Å². The van der Waals surface area contributed by atoms with Gasteiger partial charge in [0.2, 0.25) is 0 Å². The molecule has 0 saturated carbocycles. The summed E-state index contributed by atoms with van der Waals surface area (Å²) in [6.45, 7) is 8.72. The van der Waals surface area contributed by atoms with E-state index >= 15 is 0 Å². The lowest BCUT2D eigenvalue weighted by Gasteiger charge is -2.30. The third-order valence-electron chi connectivity index (χ3n) is 4.99. The van der Waals surface area contributed by atoms with E-state index < -0.39 is 12.0 Å². The van der Waals surface area contributed by atoms with Crippen LogP contribution >= 0.6 is 11.6 Å². The zero-order valence-corrected chi connectivity index (χ0v) is 19.0. The number of hydrogen-bond donors (Lipinski definition) is 1. The van der Waals surface area contributed by atoms with Crippen molar-refractivity contribution in [1.82, 2.24) is 10.4 Å². The van der Waals surface area contributed by atoms with Crippen LogP contribution in [0.3, 0.4) is 0 Å². The number of fused-ring (bicyclic) bond motifs is 1. The molecule has 0 aliphatic carbocycles. The standard InChI is InChI=1S/C23H28ClN3O4/c1-15(2)30-20-10-9-18(21(24)11-20)13-26-12-16(3)27(23(29)25-31-17(4)28)14-19-7-5-6-8-22(19)26/h5-11,15-16H,12-14H2,1-4H3,(H,25,29)/t16-/m1/s1. The van der Waals surface area contributed by atoms with Crippen molar-refractivity contribution in [3.8, 4) is 5.75 Å². The summed E-state index contributed by atoms with van der Waals surface area (Å²) in [6.07, 6.45) is 0.0735. The third-order valence-corrected chi connectivity index (χ3v) is 5.34. The van der Waals surface area contributed by atoms with Gasteiger partial charge >= 0.3 is 12.0 Å². The van der Waals surface area contributed by atoms with Crippen LogP contribution in [-0.2, 0) is 22.7 Å². The number of para-hydroxylation sites is 1. The van der Waals surface area contributed by atoms with Gasteiger partial charge in [0.05, 0.1) is 6.10 Å². The van der Waals surface area contributed by atoms with Crippen LogP contribution in [-0.4, -0.2) is 35.6 Å². The van der Waals surface area contributed by atoms with Crippen LogP contribution in [0.2, 0.25) is 5.02 Å². The molecule has 31 heavy (non-hydrogen) atoms. The molecule has 0 saturated heterocycles. The van der Waals surface area contributed by atoms with Gasteiger partial charge in [-0.05, 0) is 50.1 Å². The Labute approximate surface area is 187 Å². The highest BCUT2D eigenvalue weighted by molar-refractivity contribution is 6.31. The maximum atomic E-state index is 12.6. The molecule has 1 aliphatic rings. The number of carbonyl (C=O) groups excluding carboxylic acids is 2. The van der Waals surface area contributed by atoms with Gasteiger partial charge in [-0.2, -0.15) is 5.48 Å². The Morgan fingerprint density at radius 2 is 1.97 bits per heavy atom. The van der Waals surface area contributed by atoms with E-state index in [-0.39, 0.29) is 12.1 Å². The Morgan fingerprint density at radius 3 is 2.65 bits per heavy atom. The smallest absolute Gasteiger partial charge is 0.351 e. The molecule has 0 radical (unpaired) electrons. The number of carbonyl (C=O) groups is 2. The van der Waals surface area contributed by atoms with E-state index in [2.05, 4.69) is 15.2 Å². The zero-order valence-electron chi connectivity index (χ0n) is 18.2. The quantitative estimate of drug-likeness (QED) is 0.700. The molecule has 2 aromatic carbocycles. The van der Waals surface area contributed by atoms with Crippen LogP contribution in [0.1, 0.15) is 38.8 Å². The normalized spacial score (nSPS) is 15.9. The maximum absolute atomic E-state index is 12.6. The first-order valence-electron chi connectivity index (χ1n) is 10.3. The van der Waals surface area contributed by atoms with Crippen molar-refractivity contribution >= 4 is 29.3 Å². The predicted octanol–water partition coefficient (Wildman–Crippen LogP) is 4.53. The second-order valence-electron chi connectivity index (χ2n) is 7.91. The Balaban J connectivity index is 1.84. The van der Waals surface area contributed by atoms with Gasteiger partial charge in [0.1, 0.15) is 5.75 Å². The van der Waals surface area contributed by atoms with Gasteiger partial charge < -0.3 is 19.4 Å². The summed E-state index contributed by atoms with van der Waals surface area (Å²) in [5.74, 6) is 0.166.